The summed E-state index contributed by atoms with van der Waals surface area (Å²) in [6.45, 7) is 2.13. The molecule has 0 unspecified atom stereocenters. The number of ether oxygens (including phenoxy) is 1. The Bertz CT molecular complexity index is 1060. The maximum absolute atomic E-state index is 14.5. The topological polar surface area (TPSA) is 43.6 Å². The van der Waals surface area contributed by atoms with E-state index in [9.17, 15) is 9.18 Å². The van der Waals surface area contributed by atoms with Gasteiger partial charge in [-0.05, 0) is 56.2 Å². The van der Waals surface area contributed by atoms with Crippen LogP contribution in [-0.2, 0) is 4.74 Å². The van der Waals surface area contributed by atoms with Crippen molar-refractivity contribution in [1.29, 1.82) is 0 Å². The van der Waals surface area contributed by atoms with E-state index in [2.05, 4.69) is 4.57 Å². The van der Waals surface area contributed by atoms with Gasteiger partial charge in [-0.3, -0.25) is 0 Å². The summed E-state index contributed by atoms with van der Waals surface area (Å²) in [5, 5.41) is 1.99. The number of aromatic nitrogens is 1. The molecule has 150 valence electrons. The minimum atomic E-state index is -0.335. The smallest absolute Gasteiger partial charge is 0.338 e. The lowest BCUT2D eigenvalue weighted by Crippen LogP contribution is -2.20. The van der Waals surface area contributed by atoms with Crippen molar-refractivity contribution in [2.45, 2.75) is 38.6 Å². The lowest BCUT2D eigenvalue weighted by atomic mass is 10.1. The van der Waals surface area contributed by atoms with Gasteiger partial charge in [-0.2, -0.15) is 0 Å². The number of nitrogens with zero attached hydrogens (tertiary/aromatic N) is 2. The van der Waals surface area contributed by atoms with Gasteiger partial charge in [0, 0.05) is 17.0 Å². The molecule has 4 rings (SSSR count). The van der Waals surface area contributed by atoms with Crippen LogP contribution in [0.3, 0.4) is 0 Å². The Morgan fingerprint density at radius 3 is 2.59 bits per heavy atom. The molecule has 4 nitrogen and oxygen atoms in total. The lowest BCUT2D eigenvalue weighted by Gasteiger charge is -2.16. The molecule has 0 bridgehead atoms. The van der Waals surface area contributed by atoms with Crippen LogP contribution in [0.5, 0.6) is 0 Å². The van der Waals surface area contributed by atoms with Gasteiger partial charge >= 0.3 is 5.97 Å². The zero-order chi connectivity index (χ0) is 20.2. The van der Waals surface area contributed by atoms with Crippen LogP contribution in [-0.4, -0.2) is 17.1 Å². The van der Waals surface area contributed by atoms with Crippen molar-refractivity contribution in [1.82, 2.24) is 4.57 Å². The van der Waals surface area contributed by atoms with Crippen molar-refractivity contribution >= 4 is 23.0 Å². The number of hydrogen-bond acceptors (Lipinski definition) is 4. The average molecular weight is 411 g/mol. The van der Waals surface area contributed by atoms with Crippen LogP contribution < -0.4 is 4.80 Å². The van der Waals surface area contributed by atoms with Crippen LogP contribution in [0.4, 0.5) is 10.1 Å². The van der Waals surface area contributed by atoms with E-state index in [0.717, 1.165) is 29.0 Å². The highest BCUT2D eigenvalue weighted by Gasteiger charge is 2.22. The second kappa shape index (κ2) is 8.74. The number of hydrogen-bond donors (Lipinski definition) is 0. The van der Waals surface area contributed by atoms with Crippen molar-refractivity contribution in [3.05, 3.63) is 70.1 Å². The highest BCUT2D eigenvalue weighted by molar-refractivity contribution is 7.07. The molecule has 0 atom stereocenters. The summed E-state index contributed by atoms with van der Waals surface area (Å²) in [7, 11) is 0. The minimum absolute atomic E-state index is 0.220. The van der Waals surface area contributed by atoms with Gasteiger partial charge < -0.3 is 9.30 Å². The number of esters is 1. The average Bonchev–Trinajstić information content (AvgIpc) is 3.39. The third-order valence-corrected chi connectivity index (χ3v) is 6.02. The molecule has 1 fully saturated rings. The van der Waals surface area contributed by atoms with Crippen LogP contribution >= 0.6 is 11.3 Å². The lowest BCUT2D eigenvalue weighted by molar-refractivity contribution is 0.0526. The van der Waals surface area contributed by atoms with E-state index in [1.54, 1.807) is 25.1 Å². The first-order valence-corrected chi connectivity index (χ1v) is 10.8. The summed E-state index contributed by atoms with van der Waals surface area (Å²) in [6, 6.07) is 14.3. The predicted octanol–water partition coefficient (Wildman–Crippen LogP) is 5.88. The van der Waals surface area contributed by atoms with Crippen LogP contribution in [0.2, 0.25) is 0 Å². The molecule has 2 aromatic carbocycles. The molecule has 1 aromatic heterocycles. The van der Waals surface area contributed by atoms with Crippen LogP contribution in [0.25, 0.3) is 11.3 Å². The summed E-state index contributed by atoms with van der Waals surface area (Å²) in [5.74, 6) is -0.555. The maximum atomic E-state index is 14.5. The fourth-order valence-electron chi connectivity index (χ4n) is 3.78. The fourth-order valence-corrected chi connectivity index (χ4v) is 4.76. The molecule has 3 aromatic rings. The summed E-state index contributed by atoms with van der Waals surface area (Å²) >= 11 is 1.52. The molecule has 1 saturated carbocycles. The van der Waals surface area contributed by atoms with E-state index in [4.69, 9.17) is 9.73 Å². The first-order valence-electron chi connectivity index (χ1n) is 9.94. The number of benzene rings is 2. The van der Waals surface area contributed by atoms with Gasteiger partial charge in [0.2, 0.25) is 0 Å². The molecule has 29 heavy (non-hydrogen) atoms. The zero-order valence-electron chi connectivity index (χ0n) is 16.3. The third kappa shape index (κ3) is 4.17. The third-order valence-electron chi connectivity index (χ3n) is 5.18. The Morgan fingerprint density at radius 1 is 1.17 bits per heavy atom. The number of halogens is 1. The van der Waals surface area contributed by atoms with Crippen molar-refractivity contribution in [2.75, 3.05) is 6.61 Å². The van der Waals surface area contributed by atoms with E-state index < -0.39 is 0 Å². The van der Waals surface area contributed by atoms with Gasteiger partial charge in [0.25, 0.3) is 0 Å². The first kappa shape index (κ1) is 19.6. The van der Waals surface area contributed by atoms with Crippen molar-refractivity contribution < 1.29 is 13.9 Å². The highest BCUT2D eigenvalue weighted by Crippen LogP contribution is 2.34. The van der Waals surface area contributed by atoms with Gasteiger partial charge in [0.15, 0.2) is 4.80 Å². The van der Waals surface area contributed by atoms with Crippen LogP contribution in [0, 0.1) is 5.82 Å². The largest absolute Gasteiger partial charge is 0.462 e. The van der Waals surface area contributed by atoms with Crippen molar-refractivity contribution in [3.63, 3.8) is 0 Å². The minimum Gasteiger partial charge on any atom is -0.462 e. The Kier molecular flexibility index (Phi) is 5.90. The zero-order valence-corrected chi connectivity index (χ0v) is 17.1. The summed E-state index contributed by atoms with van der Waals surface area (Å²) in [4.78, 5) is 17.5. The second-order valence-corrected chi connectivity index (χ2v) is 7.91. The highest BCUT2D eigenvalue weighted by atomic mass is 32.1. The molecule has 0 radical (unpaired) electrons. The molecule has 6 heteroatoms. The standard InChI is InChI=1S/C23H23FN2O2S/c1-2-28-22(27)16-11-13-17(14-12-16)25-23-26(18-7-3-4-8-18)21(15-29-23)19-9-5-6-10-20(19)24/h5-6,9-15,18H,2-4,7-8H2,1H3. The Labute approximate surface area is 173 Å². The van der Waals surface area contributed by atoms with Crippen molar-refractivity contribution in [3.8, 4) is 11.3 Å². The number of carbonyl (C=O) groups excluding carboxylic acids is 1. The van der Waals surface area contributed by atoms with Crippen LogP contribution in [0.15, 0.2) is 58.9 Å². The van der Waals surface area contributed by atoms with E-state index in [1.165, 1.54) is 30.2 Å². The maximum Gasteiger partial charge on any atom is 0.338 e. The molecule has 1 aliphatic carbocycles. The molecule has 0 amide bonds. The van der Waals surface area contributed by atoms with Gasteiger partial charge in [-0.25, -0.2) is 14.2 Å². The normalized spacial score (nSPS) is 15.0. The summed E-state index contributed by atoms with van der Waals surface area (Å²) in [6.07, 6.45) is 4.51. The van der Waals surface area contributed by atoms with E-state index in [0.29, 0.717) is 23.8 Å². The Hall–Kier alpha value is -2.73. The second-order valence-electron chi connectivity index (χ2n) is 7.07. The molecule has 0 spiro atoms. The van der Waals surface area contributed by atoms with E-state index in [1.807, 2.05) is 29.6 Å². The number of rotatable bonds is 5. The fraction of sp³-hybridized carbons (Fsp3) is 0.304. The van der Waals surface area contributed by atoms with Crippen LogP contribution in [0.1, 0.15) is 49.0 Å². The molecule has 1 heterocycles. The monoisotopic (exact) mass is 410 g/mol. The molecule has 0 saturated heterocycles. The quantitative estimate of drug-likeness (QED) is 0.493. The molecule has 1 aliphatic rings. The van der Waals surface area contributed by atoms with Gasteiger partial charge in [-0.1, -0.05) is 25.0 Å². The Morgan fingerprint density at radius 2 is 1.90 bits per heavy atom. The van der Waals surface area contributed by atoms with Crippen molar-refractivity contribution in [2.24, 2.45) is 4.99 Å². The molecule has 0 N–H and O–H groups in total. The van der Waals surface area contributed by atoms with Gasteiger partial charge in [0.1, 0.15) is 5.82 Å². The summed E-state index contributed by atoms with van der Waals surface area (Å²) in [5.41, 5.74) is 2.75. The Balaban J connectivity index is 1.76. The number of carbonyl (C=O) groups is 1. The number of thiazole rings is 1. The van der Waals surface area contributed by atoms with E-state index in [-0.39, 0.29) is 11.8 Å². The molecule has 0 aliphatic heterocycles. The predicted molar refractivity (Wildman–Crippen MR) is 113 cm³/mol. The molecular formula is C23H23FN2O2S. The van der Waals surface area contributed by atoms with Gasteiger partial charge in [0.05, 0.1) is 23.6 Å². The SMILES string of the molecule is CCOC(=O)c1ccc(N=c2scc(-c3ccccc3F)n2C2CCCC2)cc1. The summed E-state index contributed by atoms with van der Waals surface area (Å²) < 4.78 is 21.7. The van der Waals surface area contributed by atoms with E-state index >= 15 is 0 Å². The van der Waals surface area contributed by atoms with Gasteiger partial charge in [-0.15, -0.1) is 11.3 Å². The molecular weight excluding hydrogens is 387 g/mol. The first-order chi connectivity index (χ1) is 14.2.